The average Bonchev–Trinajstić information content (AvgIpc) is 2.62. The number of hydrogen-bond acceptors (Lipinski definition) is 5. The summed E-state index contributed by atoms with van der Waals surface area (Å²) >= 11 is 1.54. The van der Waals surface area contributed by atoms with Crippen molar-refractivity contribution in [1.29, 1.82) is 5.26 Å². The molecule has 1 aromatic heterocycles. The lowest BCUT2D eigenvalue weighted by molar-refractivity contribution is 0.584. The van der Waals surface area contributed by atoms with Crippen molar-refractivity contribution in [2.24, 2.45) is 0 Å². The van der Waals surface area contributed by atoms with Gasteiger partial charge in [-0.25, -0.2) is 4.39 Å². The molecule has 3 rings (SSSR count). The van der Waals surface area contributed by atoms with E-state index >= 15 is 0 Å². The van der Waals surface area contributed by atoms with E-state index in [-0.39, 0.29) is 11.9 Å². The highest BCUT2D eigenvalue weighted by Gasteiger charge is 2.25. The van der Waals surface area contributed by atoms with E-state index in [1.807, 2.05) is 19.9 Å². The highest BCUT2D eigenvalue weighted by molar-refractivity contribution is 7.99. The lowest BCUT2D eigenvalue weighted by Crippen LogP contribution is -2.19. The van der Waals surface area contributed by atoms with Crippen LogP contribution in [0.2, 0.25) is 0 Å². The fourth-order valence-corrected chi connectivity index (χ4v) is 4.24. The number of hydrogen-bond donors (Lipinski definition) is 1. The van der Waals surface area contributed by atoms with Gasteiger partial charge in [0.2, 0.25) is 0 Å². The molecule has 2 aromatic rings. The molecule has 1 N–H and O–H groups in total. The predicted molar refractivity (Wildman–Crippen MR) is 93.6 cm³/mol. The first-order valence-electron chi connectivity index (χ1n) is 8.15. The second kappa shape index (κ2) is 7.18. The van der Waals surface area contributed by atoms with Gasteiger partial charge < -0.3 is 5.32 Å². The molecule has 0 saturated carbocycles. The van der Waals surface area contributed by atoms with Crippen LogP contribution in [-0.2, 0) is 12.8 Å². The molecule has 0 radical (unpaired) electrons. The third-order valence-corrected chi connectivity index (χ3v) is 5.45. The minimum atomic E-state index is -0.189. The quantitative estimate of drug-likeness (QED) is 0.899. The van der Waals surface area contributed by atoms with Gasteiger partial charge in [-0.05, 0) is 36.5 Å². The van der Waals surface area contributed by atoms with Crippen LogP contribution in [-0.4, -0.2) is 16.0 Å². The first-order chi connectivity index (χ1) is 11.7. The van der Waals surface area contributed by atoms with Gasteiger partial charge in [-0.15, -0.1) is 16.9 Å². The second-order valence-electron chi connectivity index (χ2n) is 5.66. The Morgan fingerprint density at radius 2 is 2.17 bits per heavy atom. The Morgan fingerprint density at radius 1 is 1.33 bits per heavy atom. The monoisotopic (exact) mass is 342 g/mol. The zero-order valence-corrected chi connectivity index (χ0v) is 14.6. The van der Waals surface area contributed by atoms with Crippen molar-refractivity contribution in [2.75, 3.05) is 11.1 Å². The molecule has 0 aliphatic carbocycles. The van der Waals surface area contributed by atoms with Crippen LogP contribution < -0.4 is 5.32 Å². The Balaban J connectivity index is 1.99. The molecule has 6 heteroatoms. The molecule has 1 atom stereocenters. The molecule has 24 heavy (non-hydrogen) atoms. The summed E-state index contributed by atoms with van der Waals surface area (Å²) in [6, 6.07) is 7.36. The maximum absolute atomic E-state index is 14.0. The van der Waals surface area contributed by atoms with Gasteiger partial charge in [0, 0.05) is 10.6 Å². The summed E-state index contributed by atoms with van der Waals surface area (Å²) in [4.78, 5) is 0.689. The van der Waals surface area contributed by atoms with E-state index in [0.29, 0.717) is 16.3 Å². The van der Waals surface area contributed by atoms with Gasteiger partial charge in [-0.3, -0.25) is 0 Å². The van der Waals surface area contributed by atoms with Crippen molar-refractivity contribution in [3.8, 4) is 6.07 Å². The Hall–Kier alpha value is -2.13. The molecular weight excluding hydrogens is 323 g/mol. The summed E-state index contributed by atoms with van der Waals surface area (Å²) in [5.74, 6) is 1.14. The lowest BCUT2D eigenvalue weighted by atomic mass is 10.0. The third-order valence-electron chi connectivity index (χ3n) is 4.29. The molecule has 0 amide bonds. The zero-order valence-electron chi connectivity index (χ0n) is 13.8. The molecule has 2 heterocycles. The number of thioether (sulfide) groups is 1. The number of benzene rings is 1. The van der Waals surface area contributed by atoms with Crippen LogP contribution in [0, 0.1) is 17.1 Å². The van der Waals surface area contributed by atoms with Gasteiger partial charge >= 0.3 is 0 Å². The molecule has 0 bridgehead atoms. The fourth-order valence-electron chi connectivity index (χ4n) is 3.10. The average molecular weight is 342 g/mol. The van der Waals surface area contributed by atoms with Gasteiger partial charge in [-0.2, -0.15) is 10.4 Å². The molecule has 4 nitrogen and oxygen atoms in total. The summed E-state index contributed by atoms with van der Waals surface area (Å²) < 4.78 is 14.0. The van der Waals surface area contributed by atoms with Gasteiger partial charge in [0.1, 0.15) is 17.4 Å². The number of fused-ring (bicyclic) bond motifs is 1. The highest BCUT2D eigenvalue weighted by atomic mass is 32.2. The fraction of sp³-hybridized carbons (Fsp3) is 0.389. The summed E-state index contributed by atoms with van der Waals surface area (Å²) in [5.41, 5.74) is 3.29. The summed E-state index contributed by atoms with van der Waals surface area (Å²) in [6.45, 7) is 4.03. The number of nitrogens with one attached hydrogen (secondary N) is 1. The van der Waals surface area contributed by atoms with Crippen molar-refractivity contribution < 1.29 is 4.39 Å². The van der Waals surface area contributed by atoms with E-state index < -0.39 is 0 Å². The number of nitriles is 1. The minimum Gasteiger partial charge on any atom is -0.361 e. The summed E-state index contributed by atoms with van der Waals surface area (Å²) in [5, 5.41) is 21.4. The van der Waals surface area contributed by atoms with E-state index in [9.17, 15) is 9.65 Å². The van der Waals surface area contributed by atoms with Crippen molar-refractivity contribution in [1.82, 2.24) is 10.2 Å². The number of rotatable bonds is 4. The molecule has 0 spiro atoms. The SMILES string of the molecule is CCc1nnc(NC2CCSc3c(F)cccc32)c(C#N)c1CC. The molecule has 124 valence electrons. The van der Waals surface area contributed by atoms with Crippen LogP contribution in [0.4, 0.5) is 10.2 Å². The Bertz CT molecular complexity index is 800. The van der Waals surface area contributed by atoms with Crippen LogP contribution in [0.25, 0.3) is 0 Å². The highest BCUT2D eigenvalue weighted by Crippen LogP contribution is 2.39. The van der Waals surface area contributed by atoms with Gasteiger partial charge in [-0.1, -0.05) is 26.0 Å². The zero-order chi connectivity index (χ0) is 17.1. The van der Waals surface area contributed by atoms with Crippen molar-refractivity contribution in [3.05, 3.63) is 46.4 Å². The smallest absolute Gasteiger partial charge is 0.167 e. The van der Waals surface area contributed by atoms with Crippen molar-refractivity contribution in [3.63, 3.8) is 0 Å². The lowest BCUT2D eigenvalue weighted by Gasteiger charge is -2.27. The normalized spacial score (nSPS) is 16.3. The molecule has 1 aromatic carbocycles. The minimum absolute atomic E-state index is 0.0597. The Kier molecular flexibility index (Phi) is 5.00. The number of aromatic nitrogens is 2. The van der Waals surface area contributed by atoms with Gasteiger partial charge in [0.05, 0.1) is 11.7 Å². The van der Waals surface area contributed by atoms with Crippen LogP contribution in [0.5, 0.6) is 0 Å². The molecule has 1 aliphatic rings. The first-order valence-corrected chi connectivity index (χ1v) is 9.14. The maximum Gasteiger partial charge on any atom is 0.167 e. The van der Waals surface area contributed by atoms with Crippen LogP contribution in [0.15, 0.2) is 23.1 Å². The molecular formula is C18H19FN4S. The summed E-state index contributed by atoms with van der Waals surface area (Å²) in [6.07, 6.45) is 2.34. The molecule has 1 aliphatic heterocycles. The van der Waals surface area contributed by atoms with E-state index in [4.69, 9.17) is 0 Å². The van der Waals surface area contributed by atoms with E-state index in [2.05, 4.69) is 21.6 Å². The Morgan fingerprint density at radius 3 is 2.88 bits per heavy atom. The van der Waals surface area contributed by atoms with E-state index in [0.717, 1.165) is 41.8 Å². The van der Waals surface area contributed by atoms with Gasteiger partial charge in [0.15, 0.2) is 5.82 Å². The summed E-state index contributed by atoms with van der Waals surface area (Å²) in [7, 11) is 0. The number of anilines is 1. The number of nitrogens with zero attached hydrogens (tertiary/aromatic N) is 3. The predicted octanol–water partition coefficient (Wildman–Crippen LogP) is 4.26. The topological polar surface area (TPSA) is 61.6 Å². The van der Waals surface area contributed by atoms with Crippen LogP contribution in [0.3, 0.4) is 0 Å². The van der Waals surface area contributed by atoms with E-state index in [1.54, 1.807) is 6.07 Å². The number of halogens is 1. The second-order valence-corrected chi connectivity index (χ2v) is 6.77. The molecule has 1 unspecified atom stereocenters. The largest absolute Gasteiger partial charge is 0.361 e. The first kappa shape index (κ1) is 16.7. The van der Waals surface area contributed by atoms with Crippen molar-refractivity contribution in [2.45, 2.75) is 44.0 Å². The maximum atomic E-state index is 14.0. The molecule has 0 fully saturated rings. The molecule has 0 saturated heterocycles. The standard InChI is InChI=1S/C18H19FN4S/c1-3-11-13(10-20)18(23-22-15(11)4-2)21-16-8-9-24-17-12(16)6-5-7-14(17)19/h5-7,16H,3-4,8-9H2,1-2H3,(H,21,23). The van der Waals surface area contributed by atoms with Gasteiger partial charge in [0.25, 0.3) is 0 Å². The van der Waals surface area contributed by atoms with Crippen molar-refractivity contribution >= 4 is 17.6 Å². The Labute approximate surface area is 145 Å². The number of aryl methyl sites for hydroxylation is 1. The van der Waals surface area contributed by atoms with Crippen LogP contribution in [0.1, 0.15) is 48.7 Å². The van der Waals surface area contributed by atoms with E-state index in [1.165, 1.54) is 17.8 Å². The van der Waals surface area contributed by atoms with Crippen LogP contribution >= 0.6 is 11.8 Å². The third kappa shape index (κ3) is 2.96.